The molecular formula is C76H48N8Si. The number of benzene rings is 12. The van der Waals surface area contributed by atoms with Gasteiger partial charge in [-0.1, -0.05) is 212 Å². The minimum atomic E-state index is -2.99. The molecule has 0 aliphatic carbocycles. The van der Waals surface area contributed by atoms with Crippen LogP contribution in [-0.4, -0.2) is 41.3 Å². The lowest BCUT2D eigenvalue weighted by Crippen LogP contribution is -2.74. The molecule has 0 N–H and O–H groups in total. The standard InChI is InChI=1S/C76H48N8Si/c77-49-50-39-43-71-64(45-50)61-32-13-17-36-68(61)82(71)53-40-42-63-60-31-12-18-37-69(60)84(73(63)48-53)76-79-74(51-21-20-28-57(46-51)85(54-22-4-1-5-23-54,55-24-6-2-7-25-55)56-26-8-3-9-27-56)78-75(80-76)83-70-38-19-14-33-62(70)65-47-52(41-44-72(65)83)81-66-34-15-10-29-58(66)59-30-11-16-35-67(59)81/h1-48H. The minimum absolute atomic E-state index is 0.486. The fourth-order valence-corrected chi connectivity index (χ4v) is 18.6. The fourth-order valence-electron chi connectivity index (χ4n) is 13.8. The zero-order valence-corrected chi connectivity index (χ0v) is 46.8. The second kappa shape index (κ2) is 19.1. The molecule has 17 aromatic rings. The highest BCUT2D eigenvalue weighted by molar-refractivity contribution is 7.19. The van der Waals surface area contributed by atoms with E-state index in [4.69, 9.17) is 15.0 Å². The summed E-state index contributed by atoms with van der Waals surface area (Å²) in [6.45, 7) is 0. The summed E-state index contributed by atoms with van der Waals surface area (Å²) < 4.78 is 9.13. The van der Waals surface area contributed by atoms with Crippen LogP contribution in [0.15, 0.2) is 291 Å². The third kappa shape index (κ3) is 7.29. The van der Waals surface area contributed by atoms with Crippen molar-refractivity contribution >= 4 is 116 Å². The molecule has 5 heterocycles. The summed E-state index contributed by atoms with van der Waals surface area (Å²) in [7, 11) is -2.99. The lowest BCUT2D eigenvalue weighted by Gasteiger charge is -2.34. The van der Waals surface area contributed by atoms with Crippen molar-refractivity contribution in [2.75, 3.05) is 0 Å². The van der Waals surface area contributed by atoms with Gasteiger partial charge in [-0.3, -0.25) is 9.13 Å². The van der Waals surface area contributed by atoms with E-state index in [0.717, 1.165) is 93.4 Å². The Labute approximate surface area is 489 Å². The van der Waals surface area contributed by atoms with Gasteiger partial charge >= 0.3 is 0 Å². The highest BCUT2D eigenvalue weighted by atomic mass is 28.3. The Morgan fingerprint density at radius 1 is 0.271 bits per heavy atom. The zero-order chi connectivity index (χ0) is 56.2. The maximum absolute atomic E-state index is 10.0. The largest absolute Gasteiger partial charge is 0.309 e. The van der Waals surface area contributed by atoms with Gasteiger partial charge in [-0.25, -0.2) is 0 Å². The van der Waals surface area contributed by atoms with E-state index < -0.39 is 8.07 Å². The molecule has 396 valence electrons. The number of hydrogen-bond donors (Lipinski definition) is 0. The SMILES string of the molecule is N#Cc1ccc2c(c1)c1ccccc1n2-c1ccc2c3ccccc3n(-c3nc(-c4cccc([Si](c5ccccc5)(c5ccccc5)c5ccccc5)c4)nc(-n4c5ccccc5c5cc(-n6c7ccccc7c7ccccc76)ccc54)n3)c2c1. The van der Waals surface area contributed by atoms with Gasteiger partial charge in [0, 0.05) is 60.0 Å². The van der Waals surface area contributed by atoms with Crippen LogP contribution >= 0.6 is 0 Å². The first kappa shape index (κ1) is 48.3. The van der Waals surface area contributed by atoms with Gasteiger partial charge in [0.1, 0.15) is 0 Å². The van der Waals surface area contributed by atoms with Gasteiger partial charge < -0.3 is 9.13 Å². The molecule has 8 nitrogen and oxygen atoms in total. The summed E-state index contributed by atoms with van der Waals surface area (Å²) in [5, 5.41) is 23.9. The van der Waals surface area contributed by atoms with E-state index in [1.165, 1.54) is 31.5 Å². The molecule has 12 aromatic carbocycles. The summed E-state index contributed by atoms with van der Waals surface area (Å²) in [4.78, 5) is 17.0. The van der Waals surface area contributed by atoms with Crippen molar-refractivity contribution in [1.29, 1.82) is 5.26 Å². The second-order valence-corrected chi connectivity index (χ2v) is 25.7. The second-order valence-electron chi connectivity index (χ2n) is 21.9. The van der Waals surface area contributed by atoms with Gasteiger partial charge in [-0.15, -0.1) is 0 Å². The lowest BCUT2D eigenvalue weighted by molar-refractivity contribution is 0.892. The number of nitrogens with zero attached hydrogens (tertiary/aromatic N) is 8. The zero-order valence-electron chi connectivity index (χ0n) is 45.8. The molecule has 85 heavy (non-hydrogen) atoms. The summed E-state index contributed by atoms with van der Waals surface area (Å²) in [5.41, 5.74) is 11.8. The number of nitriles is 1. The summed E-state index contributed by atoms with van der Waals surface area (Å²) >= 11 is 0. The Morgan fingerprint density at radius 2 is 0.647 bits per heavy atom. The van der Waals surface area contributed by atoms with Crippen LogP contribution in [0.3, 0.4) is 0 Å². The van der Waals surface area contributed by atoms with Crippen LogP contribution in [0.25, 0.3) is 122 Å². The van der Waals surface area contributed by atoms with Crippen LogP contribution < -0.4 is 20.7 Å². The average molecular weight is 1100 g/mol. The Morgan fingerprint density at radius 3 is 1.16 bits per heavy atom. The average Bonchev–Trinajstić information content (AvgIpc) is 3.08. The molecular weight excluding hydrogens is 1050 g/mol. The van der Waals surface area contributed by atoms with Gasteiger partial charge in [0.05, 0.1) is 55.8 Å². The topological polar surface area (TPSA) is 82.2 Å². The molecule has 5 aromatic heterocycles. The summed E-state index contributed by atoms with van der Waals surface area (Å²) in [5.74, 6) is 1.53. The molecule has 0 aliphatic rings. The Balaban J connectivity index is 0.946. The minimum Gasteiger partial charge on any atom is -0.309 e. The number of para-hydroxylation sites is 5. The quantitative estimate of drug-likeness (QED) is 0.107. The summed E-state index contributed by atoms with van der Waals surface area (Å²) in [6.07, 6.45) is 0. The Hall–Kier alpha value is -11.4. The van der Waals surface area contributed by atoms with Gasteiger partial charge in [-0.2, -0.15) is 20.2 Å². The number of fused-ring (bicyclic) bond motifs is 12. The normalized spacial score (nSPS) is 12.0. The third-order valence-electron chi connectivity index (χ3n) is 17.4. The van der Waals surface area contributed by atoms with Crippen LogP contribution in [0.5, 0.6) is 0 Å². The van der Waals surface area contributed by atoms with E-state index in [1.54, 1.807) is 0 Å². The molecule has 0 atom stereocenters. The predicted molar refractivity (Wildman–Crippen MR) is 351 cm³/mol. The first-order valence-electron chi connectivity index (χ1n) is 28.7. The van der Waals surface area contributed by atoms with Gasteiger partial charge in [0.15, 0.2) is 13.9 Å². The fraction of sp³-hybridized carbons (Fsp3) is 0. The van der Waals surface area contributed by atoms with Crippen molar-refractivity contribution in [2.24, 2.45) is 0 Å². The molecule has 9 heteroatoms. The molecule has 0 unspecified atom stereocenters. The van der Waals surface area contributed by atoms with Gasteiger partial charge in [0.2, 0.25) is 11.9 Å². The number of aromatic nitrogens is 7. The van der Waals surface area contributed by atoms with Crippen molar-refractivity contribution in [3.05, 3.63) is 297 Å². The van der Waals surface area contributed by atoms with Crippen molar-refractivity contribution in [3.8, 4) is 40.7 Å². The van der Waals surface area contributed by atoms with Crippen LogP contribution in [0.2, 0.25) is 0 Å². The van der Waals surface area contributed by atoms with E-state index in [1.807, 2.05) is 12.1 Å². The van der Waals surface area contributed by atoms with Crippen LogP contribution in [0, 0.1) is 11.3 Å². The molecule has 0 spiro atoms. The van der Waals surface area contributed by atoms with Gasteiger partial charge in [-0.05, 0) is 99.6 Å². The van der Waals surface area contributed by atoms with Crippen molar-refractivity contribution in [1.82, 2.24) is 33.2 Å². The van der Waals surface area contributed by atoms with E-state index in [0.29, 0.717) is 23.3 Å². The first-order chi connectivity index (χ1) is 42.1. The summed E-state index contributed by atoms with van der Waals surface area (Å²) in [6, 6.07) is 107. The van der Waals surface area contributed by atoms with Crippen LogP contribution in [0.1, 0.15) is 5.56 Å². The van der Waals surface area contributed by atoms with Gasteiger partial charge in [0.25, 0.3) is 0 Å². The predicted octanol–water partition coefficient (Wildman–Crippen LogP) is 15.2. The maximum Gasteiger partial charge on any atom is 0.240 e. The molecule has 0 aliphatic heterocycles. The van der Waals surface area contributed by atoms with Crippen molar-refractivity contribution in [3.63, 3.8) is 0 Å². The number of rotatable bonds is 9. The Kier molecular flexibility index (Phi) is 10.8. The highest BCUT2D eigenvalue weighted by Gasteiger charge is 2.41. The molecule has 0 saturated heterocycles. The van der Waals surface area contributed by atoms with Crippen molar-refractivity contribution < 1.29 is 0 Å². The highest BCUT2D eigenvalue weighted by Crippen LogP contribution is 2.40. The van der Waals surface area contributed by atoms with E-state index >= 15 is 0 Å². The van der Waals surface area contributed by atoms with E-state index in [9.17, 15) is 5.26 Å². The maximum atomic E-state index is 10.0. The van der Waals surface area contributed by atoms with E-state index in [-0.39, 0.29) is 0 Å². The molecule has 0 saturated carbocycles. The molecule has 17 rings (SSSR count). The molecule has 0 bridgehead atoms. The lowest BCUT2D eigenvalue weighted by atomic mass is 10.1. The van der Waals surface area contributed by atoms with E-state index in [2.05, 4.69) is 303 Å². The Bertz CT molecular complexity index is 5420. The van der Waals surface area contributed by atoms with Crippen molar-refractivity contribution in [2.45, 2.75) is 0 Å². The monoisotopic (exact) mass is 1100 g/mol. The smallest absolute Gasteiger partial charge is 0.240 e. The molecule has 0 amide bonds. The molecule has 0 radical (unpaired) electrons. The number of hydrogen-bond acceptors (Lipinski definition) is 4. The van der Waals surface area contributed by atoms with Crippen LogP contribution in [-0.2, 0) is 0 Å². The first-order valence-corrected chi connectivity index (χ1v) is 30.7. The molecule has 0 fully saturated rings. The van der Waals surface area contributed by atoms with Crippen LogP contribution in [0.4, 0.5) is 0 Å². The third-order valence-corrected chi connectivity index (χ3v) is 22.2.